The van der Waals surface area contributed by atoms with Gasteiger partial charge in [-0.25, -0.2) is 8.42 Å². The van der Waals surface area contributed by atoms with Gasteiger partial charge in [0.05, 0.1) is 18.6 Å². The maximum atomic E-state index is 11.5. The van der Waals surface area contributed by atoms with Gasteiger partial charge >= 0.3 is 0 Å². The highest BCUT2D eigenvalue weighted by atomic mass is 32.2. The first kappa shape index (κ1) is 14.3. The second-order valence-electron chi connectivity index (χ2n) is 4.97. The average Bonchev–Trinajstić information content (AvgIpc) is 2.75. The van der Waals surface area contributed by atoms with E-state index in [1.807, 2.05) is 24.3 Å². The maximum Gasteiger partial charge on any atom is 0.150 e. The van der Waals surface area contributed by atoms with Crippen molar-refractivity contribution < 1.29 is 13.2 Å². The smallest absolute Gasteiger partial charge is 0.150 e. The largest absolute Gasteiger partial charge is 0.496 e. The van der Waals surface area contributed by atoms with Crippen LogP contribution in [-0.2, 0) is 9.84 Å². The van der Waals surface area contributed by atoms with E-state index in [1.54, 1.807) is 7.11 Å². The fourth-order valence-corrected chi connectivity index (χ4v) is 4.51. The minimum absolute atomic E-state index is 0.0885. The van der Waals surface area contributed by atoms with E-state index in [9.17, 15) is 8.42 Å². The van der Waals surface area contributed by atoms with Crippen molar-refractivity contribution in [3.63, 3.8) is 0 Å². The molecule has 5 nitrogen and oxygen atoms in total. The molecule has 1 fully saturated rings. The van der Waals surface area contributed by atoms with Crippen LogP contribution in [0, 0.1) is 5.92 Å². The number of nitrogens with two attached hydrogens (primary N) is 1. The molecule has 106 valence electrons. The van der Waals surface area contributed by atoms with E-state index in [-0.39, 0.29) is 17.7 Å². The number of rotatable bonds is 5. The number of hydrogen-bond acceptors (Lipinski definition) is 5. The molecule has 19 heavy (non-hydrogen) atoms. The third kappa shape index (κ3) is 3.46. The second kappa shape index (κ2) is 5.90. The molecule has 2 rings (SSSR count). The summed E-state index contributed by atoms with van der Waals surface area (Å²) in [5.41, 5.74) is 3.74. The van der Waals surface area contributed by atoms with Gasteiger partial charge in [-0.15, -0.1) is 0 Å². The standard InChI is InChI=1S/C13H20N2O3S/c1-18-13-5-3-2-4-11(13)12(15-14)8-10-6-7-19(16,17)9-10/h2-5,10,12,15H,6-9,14H2,1H3. The molecular weight excluding hydrogens is 264 g/mol. The lowest BCUT2D eigenvalue weighted by molar-refractivity contribution is 0.378. The van der Waals surface area contributed by atoms with Crippen molar-refractivity contribution in [1.29, 1.82) is 0 Å². The summed E-state index contributed by atoms with van der Waals surface area (Å²) in [6.07, 6.45) is 1.42. The zero-order chi connectivity index (χ0) is 13.9. The Morgan fingerprint density at radius 1 is 1.47 bits per heavy atom. The van der Waals surface area contributed by atoms with Gasteiger partial charge in [-0.3, -0.25) is 11.3 Å². The lowest BCUT2D eigenvalue weighted by atomic mass is 9.94. The summed E-state index contributed by atoms with van der Waals surface area (Å²) in [7, 11) is -1.23. The number of para-hydroxylation sites is 1. The summed E-state index contributed by atoms with van der Waals surface area (Å²) in [6, 6.07) is 7.57. The topological polar surface area (TPSA) is 81.4 Å². The number of hydrazine groups is 1. The molecule has 1 aliphatic heterocycles. The lowest BCUT2D eigenvalue weighted by Gasteiger charge is -2.21. The average molecular weight is 284 g/mol. The molecule has 1 saturated heterocycles. The van der Waals surface area contributed by atoms with Crippen LogP contribution < -0.4 is 16.0 Å². The monoisotopic (exact) mass is 284 g/mol. The number of methoxy groups -OCH3 is 1. The van der Waals surface area contributed by atoms with Gasteiger partial charge in [0, 0.05) is 11.6 Å². The van der Waals surface area contributed by atoms with Crippen LogP contribution in [0.25, 0.3) is 0 Å². The van der Waals surface area contributed by atoms with Crippen molar-refractivity contribution in [2.75, 3.05) is 18.6 Å². The molecule has 0 saturated carbocycles. The quantitative estimate of drug-likeness (QED) is 0.623. The highest BCUT2D eigenvalue weighted by Gasteiger charge is 2.30. The lowest BCUT2D eigenvalue weighted by Crippen LogP contribution is -2.30. The van der Waals surface area contributed by atoms with Crippen molar-refractivity contribution in [3.8, 4) is 5.75 Å². The van der Waals surface area contributed by atoms with Crippen molar-refractivity contribution in [2.24, 2.45) is 11.8 Å². The van der Waals surface area contributed by atoms with Gasteiger partial charge < -0.3 is 4.74 Å². The van der Waals surface area contributed by atoms with Crippen molar-refractivity contribution in [3.05, 3.63) is 29.8 Å². The Morgan fingerprint density at radius 2 is 2.21 bits per heavy atom. The zero-order valence-corrected chi connectivity index (χ0v) is 11.8. The predicted octanol–water partition coefficient (Wildman–Crippen LogP) is 1.02. The number of sulfone groups is 1. The first-order valence-electron chi connectivity index (χ1n) is 6.35. The van der Waals surface area contributed by atoms with E-state index in [1.165, 1.54) is 0 Å². The molecule has 1 heterocycles. The molecule has 0 bridgehead atoms. The van der Waals surface area contributed by atoms with Crippen LogP contribution in [0.15, 0.2) is 24.3 Å². The van der Waals surface area contributed by atoms with Crippen LogP contribution in [-0.4, -0.2) is 27.0 Å². The molecule has 1 aromatic carbocycles. The highest BCUT2D eigenvalue weighted by molar-refractivity contribution is 7.91. The Morgan fingerprint density at radius 3 is 2.79 bits per heavy atom. The summed E-state index contributed by atoms with van der Waals surface area (Å²) in [5, 5.41) is 0. The Balaban J connectivity index is 2.12. The van der Waals surface area contributed by atoms with Crippen LogP contribution in [0.4, 0.5) is 0 Å². The molecule has 1 aliphatic rings. The predicted molar refractivity (Wildman–Crippen MR) is 74.4 cm³/mol. The number of hydrogen-bond donors (Lipinski definition) is 2. The second-order valence-corrected chi connectivity index (χ2v) is 7.19. The fraction of sp³-hybridized carbons (Fsp3) is 0.538. The first-order valence-corrected chi connectivity index (χ1v) is 8.17. The summed E-state index contributed by atoms with van der Waals surface area (Å²) >= 11 is 0. The Kier molecular flexibility index (Phi) is 4.44. The number of ether oxygens (including phenoxy) is 1. The van der Waals surface area contributed by atoms with Gasteiger partial charge in [0.1, 0.15) is 5.75 Å². The van der Waals surface area contributed by atoms with Gasteiger partial charge in [0.2, 0.25) is 0 Å². The molecule has 0 aliphatic carbocycles. The minimum atomic E-state index is -2.85. The molecule has 0 aromatic heterocycles. The fourth-order valence-electron chi connectivity index (χ4n) is 2.63. The SMILES string of the molecule is COc1ccccc1C(CC1CCS(=O)(=O)C1)NN. The van der Waals surface area contributed by atoms with Gasteiger partial charge in [0.25, 0.3) is 0 Å². The van der Waals surface area contributed by atoms with Gasteiger partial charge in [-0.2, -0.15) is 0 Å². The molecule has 3 N–H and O–H groups in total. The van der Waals surface area contributed by atoms with Gasteiger partial charge in [-0.05, 0) is 24.8 Å². The Bertz CT molecular complexity index is 530. The van der Waals surface area contributed by atoms with Crippen LogP contribution in [0.5, 0.6) is 5.75 Å². The summed E-state index contributed by atoms with van der Waals surface area (Å²) in [5.74, 6) is 7.11. The summed E-state index contributed by atoms with van der Waals surface area (Å²) < 4.78 is 28.3. The molecule has 1 aromatic rings. The van der Waals surface area contributed by atoms with E-state index in [0.29, 0.717) is 12.2 Å². The molecule has 0 spiro atoms. The molecule has 0 amide bonds. The van der Waals surface area contributed by atoms with E-state index in [2.05, 4.69) is 5.43 Å². The summed E-state index contributed by atoms with van der Waals surface area (Å²) in [4.78, 5) is 0. The van der Waals surface area contributed by atoms with E-state index in [4.69, 9.17) is 10.6 Å². The first-order chi connectivity index (χ1) is 9.05. The molecule has 0 radical (unpaired) electrons. The van der Waals surface area contributed by atoms with E-state index >= 15 is 0 Å². The Hall–Kier alpha value is -1.11. The molecule has 2 unspecified atom stereocenters. The normalized spacial score (nSPS) is 23.2. The van der Waals surface area contributed by atoms with Gasteiger partial charge in [0.15, 0.2) is 9.84 Å². The maximum absolute atomic E-state index is 11.5. The Labute approximate surface area is 114 Å². The summed E-state index contributed by atoms with van der Waals surface area (Å²) in [6.45, 7) is 0. The zero-order valence-electron chi connectivity index (χ0n) is 11.0. The van der Waals surface area contributed by atoms with Crippen molar-refractivity contribution in [1.82, 2.24) is 5.43 Å². The molecule has 2 atom stereocenters. The van der Waals surface area contributed by atoms with Crippen LogP contribution >= 0.6 is 0 Å². The highest BCUT2D eigenvalue weighted by Crippen LogP contribution is 2.32. The van der Waals surface area contributed by atoms with Crippen molar-refractivity contribution >= 4 is 9.84 Å². The number of nitrogens with one attached hydrogen (secondary N) is 1. The molecule has 6 heteroatoms. The minimum Gasteiger partial charge on any atom is -0.496 e. The van der Waals surface area contributed by atoms with Crippen LogP contribution in [0.3, 0.4) is 0 Å². The third-order valence-corrected chi connectivity index (χ3v) is 5.45. The van der Waals surface area contributed by atoms with Crippen LogP contribution in [0.1, 0.15) is 24.4 Å². The van der Waals surface area contributed by atoms with E-state index in [0.717, 1.165) is 17.7 Å². The van der Waals surface area contributed by atoms with Crippen LogP contribution in [0.2, 0.25) is 0 Å². The van der Waals surface area contributed by atoms with Gasteiger partial charge in [-0.1, -0.05) is 18.2 Å². The third-order valence-electron chi connectivity index (χ3n) is 3.61. The number of benzene rings is 1. The molecular formula is C13H20N2O3S. The van der Waals surface area contributed by atoms with E-state index < -0.39 is 9.84 Å². The van der Waals surface area contributed by atoms with Crippen molar-refractivity contribution in [2.45, 2.75) is 18.9 Å².